The molecule has 2 aromatic rings. The summed E-state index contributed by atoms with van der Waals surface area (Å²) in [4.78, 5) is 14.9. The Morgan fingerprint density at radius 3 is 2.71 bits per heavy atom. The van der Waals surface area contributed by atoms with E-state index in [1.54, 1.807) is 11.7 Å². The molecule has 10 heteroatoms. The summed E-state index contributed by atoms with van der Waals surface area (Å²) < 4.78 is 12.4. The second-order valence-corrected chi connectivity index (χ2v) is 6.01. The molecule has 0 aromatic carbocycles. The molecule has 0 unspecified atom stereocenters. The number of nitrogens with zero attached hydrogens (tertiary/aromatic N) is 5. The molecule has 130 valence electrons. The van der Waals surface area contributed by atoms with Crippen LogP contribution in [0.15, 0.2) is 12.7 Å². The highest BCUT2D eigenvalue weighted by molar-refractivity contribution is 5.83. The van der Waals surface area contributed by atoms with E-state index < -0.39 is 24.5 Å². The monoisotopic (exact) mass is 337 g/mol. The van der Waals surface area contributed by atoms with Gasteiger partial charge in [0.1, 0.15) is 24.6 Å². The van der Waals surface area contributed by atoms with Crippen LogP contribution in [0.4, 0.5) is 5.82 Å². The molecule has 0 bridgehead atoms. The van der Waals surface area contributed by atoms with Gasteiger partial charge in [0.05, 0.1) is 19.0 Å². The van der Waals surface area contributed by atoms with Crippen molar-refractivity contribution in [3.8, 4) is 0 Å². The molecule has 2 aliphatic rings. The molecule has 0 amide bonds. The molecule has 10 nitrogen and oxygen atoms in total. The zero-order valence-corrected chi connectivity index (χ0v) is 13.1. The van der Waals surface area contributed by atoms with Crippen LogP contribution in [0.5, 0.6) is 0 Å². The number of anilines is 1. The Morgan fingerprint density at radius 2 is 2.04 bits per heavy atom. The topological polar surface area (TPSA) is 126 Å². The van der Waals surface area contributed by atoms with Crippen molar-refractivity contribution in [2.45, 2.75) is 30.6 Å². The van der Waals surface area contributed by atoms with E-state index in [-0.39, 0.29) is 12.7 Å². The van der Waals surface area contributed by atoms with Gasteiger partial charge in [-0.15, -0.1) is 0 Å². The smallest absolute Gasteiger partial charge is 0.167 e. The molecule has 24 heavy (non-hydrogen) atoms. The first-order chi connectivity index (χ1) is 11.6. The number of aromatic nitrogens is 4. The van der Waals surface area contributed by atoms with Gasteiger partial charge in [0, 0.05) is 20.2 Å². The first-order valence-electron chi connectivity index (χ1n) is 7.71. The summed E-state index contributed by atoms with van der Waals surface area (Å²) in [6.45, 7) is 1.07. The second kappa shape index (κ2) is 5.90. The summed E-state index contributed by atoms with van der Waals surface area (Å²) >= 11 is 0. The van der Waals surface area contributed by atoms with Gasteiger partial charge in [-0.2, -0.15) is 0 Å². The lowest BCUT2D eigenvalue weighted by Crippen LogP contribution is -2.52. The Labute approximate surface area is 137 Å². The first-order valence-corrected chi connectivity index (χ1v) is 7.71. The summed E-state index contributed by atoms with van der Waals surface area (Å²) in [6.07, 6.45) is -0.961. The van der Waals surface area contributed by atoms with Gasteiger partial charge in [-0.1, -0.05) is 0 Å². The van der Waals surface area contributed by atoms with Crippen LogP contribution in [0.1, 0.15) is 6.23 Å². The van der Waals surface area contributed by atoms with Crippen LogP contribution in [-0.4, -0.2) is 86.1 Å². The van der Waals surface area contributed by atoms with Gasteiger partial charge >= 0.3 is 0 Å². The molecule has 4 heterocycles. The predicted molar refractivity (Wildman–Crippen MR) is 81.3 cm³/mol. The van der Waals surface area contributed by atoms with Gasteiger partial charge in [-0.25, -0.2) is 15.0 Å². The van der Waals surface area contributed by atoms with Gasteiger partial charge in [0.15, 0.2) is 23.2 Å². The molecule has 0 saturated carbocycles. The number of rotatable bonds is 4. The van der Waals surface area contributed by atoms with Crippen LogP contribution in [0.3, 0.4) is 0 Å². The van der Waals surface area contributed by atoms with E-state index in [0.29, 0.717) is 17.0 Å². The van der Waals surface area contributed by atoms with Gasteiger partial charge in [-0.05, 0) is 0 Å². The summed E-state index contributed by atoms with van der Waals surface area (Å²) in [5.74, 6) is 0.693. The Balaban J connectivity index is 1.67. The molecular formula is C14H19N5O5. The highest BCUT2D eigenvalue weighted by Gasteiger charge is 2.44. The number of imidazole rings is 1. The number of hydrogen-bond acceptors (Lipinski definition) is 9. The van der Waals surface area contributed by atoms with Crippen molar-refractivity contribution in [1.29, 1.82) is 0 Å². The maximum Gasteiger partial charge on any atom is 0.167 e. The number of aliphatic hydroxyl groups excluding tert-OH is 3. The van der Waals surface area contributed by atoms with Gasteiger partial charge < -0.3 is 29.7 Å². The second-order valence-electron chi connectivity index (χ2n) is 6.01. The molecule has 2 aliphatic heterocycles. The third kappa shape index (κ3) is 2.26. The third-order valence-corrected chi connectivity index (χ3v) is 4.61. The van der Waals surface area contributed by atoms with Gasteiger partial charge in [0.25, 0.3) is 0 Å². The third-order valence-electron chi connectivity index (χ3n) is 4.61. The highest BCUT2D eigenvalue weighted by atomic mass is 16.6. The molecule has 2 saturated heterocycles. The molecule has 3 N–H and O–H groups in total. The van der Waals surface area contributed by atoms with Crippen molar-refractivity contribution in [2.24, 2.45) is 0 Å². The molecule has 0 radical (unpaired) electrons. The SMILES string of the molecule is COC1CN(c2ncnc3c2ncn3[C@@H]2O[C@H](CO)[C@@H](O)[C@H]2O)C1. The molecule has 2 aromatic heterocycles. The van der Waals surface area contributed by atoms with Crippen LogP contribution in [0.2, 0.25) is 0 Å². The van der Waals surface area contributed by atoms with Crippen LogP contribution >= 0.6 is 0 Å². The zero-order valence-electron chi connectivity index (χ0n) is 13.1. The highest BCUT2D eigenvalue weighted by Crippen LogP contribution is 2.33. The number of hydrogen-bond donors (Lipinski definition) is 3. The normalized spacial score (nSPS) is 30.9. The van der Waals surface area contributed by atoms with Crippen LogP contribution in [-0.2, 0) is 9.47 Å². The molecule has 2 fully saturated rings. The minimum absolute atomic E-state index is 0.178. The zero-order chi connectivity index (χ0) is 16.8. The molecule has 0 aliphatic carbocycles. The lowest BCUT2D eigenvalue weighted by atomic mass is 10.1. The number of ether oxygens (including phenoxy) is 2. The summed E-state index contributed by atoms with van der Waals surface area (Å²) in [7, 11) is 1.67. The maximum atomic E-state index is 10.2. The van der Waals surface area contributed by atoms with Crippen LogP contribution in [0, 0.1) is 0 Å². The predicted octanol–water partition coefficient (Wildman–Crippen LogP) is -1.73. The molecular weight excluding hydrogens is 318 g/mol. The van der Waals surface area contributed by atoms with Crippen molar-refractivity contribution in [3.05, 3.63) is 12.7 Å². The number of aliphatic hydroxyl groups is 3. The fourth-order valence-electron chi connectivity index (χ4n) is 3.13. The van der Waals surface area contributed by atoms with Crippen molar-refractivity contribution in [2.75, 3.05) is 31.7 Å². The lowest BCUT2D eigenvalue weighted by molar-refractivity contribution is -0.0511. The Morgan fingerprint density at radius 1 is 1.25 bits per heavy atom. The Kier molecular flexibility index (Phi) is 3.85. The van der Waals surface area contributed by atoms with E-state index in [0.717, 1.165) is 13.1 Å². The van der Waals surface area contributed by atoms with Gasteiger partial charge in [-0.3, -0.25) is 4.57 Å². The summed E-state index contributed by atoms with van der Waals surface area (Å²) in [6, 6.07) is 0. The van der Waals surface area contributed by atoms with Crippen LogP contribution < -0.4 is 4.90 Å². The average Bonchev–Trinajstić information content (AvgIpc) is 3.09. The van der Waals surface area contributed by atoms with E-state index >= 15 is 0 Å². The Bertz CT molecular complexity index is 733. The summed E-state index contributed by atoms with van der Waals surface area (Å²) in [5.41, 5.74) is 1.08. The van der Waals surface area contributed by atoms with Gasteiger partial charge in [0.2, 0.25) is 0 Å². The number of fused-ring (bicyclic) bond motifs is 1. The van der Waals surface area contributed by atoms with E-state index in [1.807, 2.05) is 4.90 Å². The minimum atomic E-state index is -1.18. The van der Waals surface area contributed by atoms with Crippen molar-refractivity contribution >= 4 is 17.0 Å². The van der Waals surface area contributed by atoms with E-state index in [9.17, 15) is 15.3 Å². The van der Waals surface area contributed by atoms with E-state index in [4.69, 9.17) is 9.47 Å². The van der Waals surface area contributed by atoms with Crippen molar-refractivity contribution < 1.29 is 24.8 Å². The molecule has 0 spiro atoms. The standard InChI is InChI=1S/C14H19N5O5/c1-23-7-2-18(3-7)12-9-13(16-5-15-12)19(6-17-9)14-11(22)10(21)8(4-20)24-14/h5-8,10-11,14,20-22H,2-4H2,1H3/t8-,10-,11-,14-/m1/s1. The maximum absolute atomic E-state index is 10.2. The van der Waals surface area contributed by atoms with Crippen LogP contribution in [0.25, 0.3) is 11.2 Å². The van der Waals surface area contributed by atoms with Crippen molar-refractivity contribution in [3.63, 3.8) is 0 Å². The largest absolute Gasteiger partial charge is 0.394 e. The average molecular weight is 337 g/mol. The fourth-order valence-corrected chi connectivity index (χ4v) is 3.13. The quantitative estimate of drug-likeness (QED) is 0.597. The Hall–Kier alpha value is -1.85. The number of methoxy groups -OCH3 is 1. The van der Waals surface area contributed by atoms with E-state index in [2.05, 4.69) is 15.0 Å². The van der Waals surface area contributed by atoms with Crippen molar-refractivity contribution in [1.82, 2.24) is 19.5 Å². The molecule has 4 atom stereocenters. The fraction of sp³-hybridized carbons (Fsp3) is 0.643. The molecule has 4 rings (SSSR count). The summed E-state index contributed by atoms with van der Waals surface area (Å²) in [5, 5.41) is 29.3. The van der Waals surface area contributed by atoms with E-state index in [1.165, 1.54) is 12.7 Å². The minimum Gasteiger partial charge on any atom is -0.394 e. The lowest BCUT2D eigenvalue weighted by Gasteiger charge is -2.38. The first kappa shape index (κ1) is 15.7.